The summed E-state index contributed by atoms with van der Waals surface area (Å²) < 4.78 is 9.40. The summed E-state index contributed by atoms with van der Waals surface area (Å²) in [5.41, 5.74) is 2.38. The Kier molecular flexibility index (Phi) is 4.93. The molecule has 3 aromatic carbocycles. The average Bonchev–Trinajstić information content (AvgIpc) is 2.98. The van der Waals surface area contributed by atoms with Crippen LogP contribution in [0.5, 0.6) is 5.75 Å². The van der Waals surface area contributed by atoms with Crippen LogP contribution in [0.3, 0.4) is 0 Å². The van der Waals surface area contributed by atoms with Crippen LogP contribution in [0.1, 0.15) is 5.56 Å². The highest BCUT2D eigenvalue weighted by atomic mass is 79.9. The summed E-state index contributed by atoms with van der Waals surface area (Å²) in [4.78, 5) is 1.24. The topological polar surface area (TPSA) is 9.23 Å². The first-order chi connectivity index (χ1) is 12.2. The van der Waals surface area contributed by atoms with Gasteiger partial charge >= 0.3 is 0 Å². The molecule has 0 unspecified atom stereocenters. The SMILES string of the molecule is Brc1ccc(-c2sc3cc(OCc4ccccc4)ccc3c2Br)cc1. The maximum absolute atomic E-state index is 5.96. The van der Waals surface area contributed by atoms with E-state index in [4.69, 9.17) is 4.74 Å². The fraction of sp³-hybridized carbons (Fsp3) is 0.0476. The first-order valence-electron chi connectivity index (χ1n) is 7.85. The molecule has 0 fully saturated rings. The molecule has 0 aliphatic carbocycles. The van der Waals surface area contributed by atoms with E-state index in [0.717, 1.165) is 14.7 Å². The Labute approximate surface area is 167 Å². The van der Waals surface area contributed by atoms with Crippen molar-refractivity contribution < 1.29 is 4.74 Å². The molecule has 1 nitrogen and oxygen atoms in total. The van der Waals surface area contributed by atoms with Gasteiger partial charge in [0.05, 0.1) is 0 Å². The lowest BCUT2D eigenvalue weighted by Gasteiger charge is -2.06. The average molecular weight is 474 g/mol. The van der Waals surface area contributed by atoms with E-state index in [1.807, 2.05) is 24.3 Å². The summed E-state index contributed by atoms with van der Waals surface area (Å²) in [7, 11) is 0. The van der Waals surface area contributed by atoms with Gasteiger partial charge in [0.15, 0.2) is 0 Å². The molecule has 4 rings (SSSR count). The van der Waals surface area contributed by atoms with Gasteiger partial charge in [0.2, 0.25) is 0 Å². The summed E-state index contributed by atoms with van der Waals surface area (Å²) in [5.74, 6) is 0.896. The third-order valence-electron chi connectivity index (χ3n) is 3.96. The molecule has 4 heteroatoms. The minimum atomic E-state index is 0.582. The summed E-state index contributed by atoms with van der Waals surface area (Å²) in [6.45, 7) is 0.582. The van der Waals surface area contributed by atoms with Crippen LogP contribution in [0.4, 0.5) is 0 Å². The van der Waals surface area contributed by atoms with Gasteiger partial charge in [-0.2, -0.15) is 0 Å². The number of fused-ring (bicyclic) bond motifs is 1. The number of hydrogen-bond donors (Lipinski definition) is 0. The van der Waals surface area contributed by atoms with Gasteiger partial charge in [-0.15, -0.1) is 11.3 Å². The van der Waals surface area contributed by atoms with Crippen molar-refractivity contribution in [3.63, 3.8) is 0 Å². The van der Waals surface area contributed by atoms with Crippen molar-refractivity contribution in [1.82, 2.24) is 0 Å². The normalized spacial score (nSPS) is 11.0. The quantitative estimate of drug-likeness (QED) is 0.295. The molecule has 1 heterocycles. The number of halogens is 2. The Morgan fingerprint density at radius 1 is 0.840 bits per heavy atom. The highest BCUT2D eigenvalue weighted by molar-refractivity contribution is 9.11. The molecule has 0 N–H and O–H groups in total. The van der Waals surface area contributed by atoms with Gasteiger partial charge in [0.25, 0.3) is 0 Å². The molecule has 0 aliphatic heterocycles. The zero-order valence-corrected chi connectivity index (χ0v) is 17.2. The Morgan fingerprint density at radius 2 is 1.60 bits per heavy atom. The molecule has 0 saturated carbocycles. The van der Waals surface area contributed by atoms with E-state index in [1.54, 1.807) is 11.3 Å². The Balaban J connectivity index is 1.63. The largest absolute Gasteiger partial charge is 0.489 e. The molecule has 0 bridgehead atoms. The highest BCUT2D eigenvalue weighted by Crippen LogP contribution is 2.43. The highest BCUT2D eigenvalue weighted by Gasteiger charge is 2.12. The predicted molar refractivity (Wildman–Crippen MR) is 113 cm³/mol. The molecule has 0 spiro atoms. The van der Waals surface area contributed by atoms with E-state index in [9.17, 15) is 0 Å². The molecule has 1 aromatic heterocycles. The Morgan fingerprint density at radius 3 is 2.36 bits per heavy atom. The molecular formula is C21H14Br2OS. The minimum Gasteiger partial charge on any atom is -0.489 e. The monoisotopic (exact) mass is 472 g/mol. The van der Waals surface area contributed by atoms with Crippen molar-refractivity contribution in [1.29, 1.82) is 0 Å². The van der Waals surface area contributed by atoms with Crippen molar-refractivity contribution in [3.05, 3.63) is 87.3 Å². The van der Waals surface area contributed by atoms with Crippen molar-refractivity contribution in [3.8, 4) is 16.2 Å². The molecule has 0 atom stereocenters. The van der Waals surface area contributed by atoms with Crippen molar-refractivity contribution in [2.45, 2.75) is 6.61 Å². The molecule has 0 aliphatic rings. The van der Waals surface area contributed by atoms with Crippen LogP contribution in [-0.2, 0) is 6.61 Å². The lowest BCUT2D eigenvalue weighted by atomic mass is 10.1. The lowest BCUT2D eigenvalue weighted by Crippen LogP contribution is -1.94. The molecule has 0 radical (unpaired) electrons. The molecule has 4 aromatic rings. The van der Waals surface area contributed by atoms with Crippen LogP contribution < -0.4 is 4.74 Å². The second-order valence-electron chi connectivity index (χ2n) is 5.68. The van der Waals surface area contributed by atoms with E-state index in [1.165, 1.54) is 26.1 Å². The number of rotatable bonds is 4. The van der Waals surface area contributed by atoms with Gasteiger partial charge in [0.1, 0.15) is 12.4 Å². The summed E-state index contributed by atoms with van der Waals surface area (Å²) in [5, 5.41) is 1.22. The van der Waals surface area contributed by atoms with Gasteiger partial charge in [0, 0.05) is 23.9 Å². The fourth-order valence-corrected chi connectivity index (χ4v) is 5.00. The smallest absolute Gasteiger partial charge is 0.121 e. The van der Waals surface area contributed by atoms with Crippen molar-refractivity contribution in [2.24, 2.45) is 0 Å². The van der Waals surface area contributed by atoms with Crippen molar-refractivity contribution >= 4 is 53.3 Å². The van der Waals surface area contributed by atoms with Gasteiger partial charge in [-0.25, -0.2) is 0 Å². The van der Waals surface area contributed by atoms with E-state index in [-0.39, 0.29) is 0 Å². The third-order valence-corrected chi connectivity index (χ3v) is 6.77. The van der Waals surface area contributed by atoms with Gasteiger partial charge in [-0.3, -0.25) is 0 Å². The Hall–Kier alpha value is -1.62. The fourth-order valence-electron chi connectivity index (χ4n) is 2.66. The molecule has 0 amide bonds. The predicted octanol–water partition coefficient (Wildman–Crippen LogP) is 7.67. The molecule has 124 valence electrons. The second-order valence-corrected chi connectivity index (χ2v) is 8.45. The van der Waals surface area contributed by atoms with Gasteiger partial charge < -0.3 is 4.74 Å². The summed E-state index contributed by atoms with van der Waals surface area (Å²) in [6.07, 6.45) is 0. The van der Waals surface area contributed by atoms with Gasteiger partial charge in [-0.05, 0) is 57.4 Å². The van der Waals surface area contributed by atoms with E-state index in [2.05, 4.69) is 80.4 Å². The number of thiophene rings is 1. The van der Waals surface area contributed by atoms with E-state index >= 15 is 0 Å². The molecule has 0 saturated heterocycles. The first-order valence-corrected chi connectivity index (χ1v) is 10.3. The summed E-state index contributed by atoms with van der Waals surface area (Å²) in [6, 6.07) is 24.9. The van der Waals surface area contributed by atoms with Crippen molar-refractivity contribution in [2.75, 3.05) is 0 Å². The third kappa shape index (κ3) is 3.66. The zero-order valence-electron chi connectivity index (χ0n) is 13.2. The van der Waals surface area contributed by atoms with Gasteiger partial charge in [-0.1, -0.05) is 58.4 Å². The molecule has 25 heavy (non-hydrogen) atoms. The van der Waals surface area contributed by atoms with Crippen LogP contribution in [0, 0.1) is 0 Å². The first kappa shape index (κ1) is 16.8. The van der Waals surface area contributed by atoms with Crippen LogP contribution >= 0.6 is 43.2 Å². The minimum absolute atomic E-state index is 0.582. The van der Waals surface area contributed by atoms with E-state index < -0.39 is 0 Å². The maximum atomic E-state index is 5.96. The lowest BCUT2D eigenvalue weighted by molar-refractivity contribution is 0.306. The summed E-state index contributed by atoms with van der Waals surface area (Å²) >= 11 is 9.03. The number of hydrogen-bond acceptors (Lipinski definition) is 2. The zero-order chi connectivity index (χ0) is 17.2. The van der Waals surface area contributed by atoms with Crippen LogP contribution in [0.15, 0.2) is 81.7 Å². The Bertz CT molecular complexity index is 1010. The second kappa shape index (κ2) is 7.32. The standard InChI is InChI=1S/C21H14Br2OS/c22-16-8-6-15(7-9-16)21-20(23)18-11-10-17(12-19(18)25-21)24-13-14-4-2-1-3-5-14/h1-12H,13H2. The number of benzene rings is 3. The van der Waals surface area contributed by atoms with E-state index in [0.29, 0.717) is 6.61 Å². The maximum Gasteiger partial charge on any atom is 0.121 e. The van der Waals surface area contributed by atoms with Crippen LogP contribution in [0.2, 0.25) is 0 Å². The number of ether oxygens (including phenoxy) is 1. The molecular weight excluding hydrogens is 460 g/mol. The van der Waals surface area contributed by atoms with Crippen LogP contribution in [0.25, 0.3) is 20.5 Å². The van der Waals surface area contributed by atoms with Crippen LogP contribution in [-0.4, -0.2) is 0 Å².